The zero-order chi connectivity index (χ0) is 25.4. The van der Waals surface area contributed by atoms with Gasteiger partial charge >= 0.3 is 0 Å². The fourth-order valence-electron chi connectivity index (χ4n) is 4.91. The van der Waals surface area contributed by atoms with E-state index in [1.807, 2.05) is 97.1 Å². The summed E-state index contributed by atoms with van der Waals surface area (Å²) >= 11 is 0. The predicted molar refractivity (Wildman–Crippen MR) is 151 cm³/mol. The van der Waals surface area contributed by atoms with Crippen LogP contribution in [-0.4, -0.2) is 18.7 Å². The van der Waals surface area contributed by atoms with E-state index in [0.29, 0.717) is 11.3 Å². The van der Waals surface area contributed by atoms with Gasteiger partial charge in [-0.1, -0.05) is 78.9 Å². The largest absolute Gasteiger partial charge is 0.311 e. The Kier molecular flexibility index (Phi) is 5.62. The van der Waals surface area contributed by atoms with Crippen LogP contribution in [0, 0.1) is 0 Å². The van der Waals surface area contributed by atoms with E-state index in [1.54, 1.807) is 18.0 Å². The average Bonchev–Trinajstić information content (AvgIpc) is 2.95. The van der Waals surface area contributed by atoms with Gasteiger partial charge in [-0.2, -0.15) is 0 Å². The molecule has 5 aromatic carbocycles. The Morgan fingerprint density at radius 1 is 0.622 bits per heavy atom. The summed E-state index contributed by atoms with van der Waals surface area (Å²) in [4.78, 5) is 30.6. The zero-order valence-corrected chi connectivity index (χ0v) is 20.3. The van der Waals surface area contributed by atoms with Crippen LogP contribution in [0.15, 0.2) is 127 Å². The predicted octanol–water partition coefficient (Wildman–Crippen LogP) is 7.55. The zero-order valence-electron chi connectivity index (χ0n) is 20.3. The van der Waals surface area contributed by atoms with Crippen molar-refractivity contribution in [3.63, 3.8) is 0 Å². The number of hydrogen-bond donors (Lipinski definition) is 0. The van der Waals surface area contributed by atoms with Crippen molar-refractivity contribution < 1.29 is 9.59 Å². The first-order valence-corrected chi connectivity index (χ1v) is 12.2. The van der Waals surface area contributed by atoms with Gasteiger partial charge in [0.1, 0.15) is 0 Å². The molecule has 0 N–H and O–H groups in total. The third kappa shape index (κ3) is 3.99. The highest BCUT2D eigenvalue weighted by Gasteiger charge is 2.34. The summed E-state index contributed by atoms with van der Waals surface area (Å²) in [7, 11) is 1.72. The van der Waals surface area contributed by atoms with E-state index in [0.717, 1.165) is 33.4 Å². The molecule has 0 aliphatic carbocycles. The van der Waals surface area contributed by atoms with Crippen molar-refractivity contribution in [2.24, 2.45) is 0 Å². The molecule has 0 unspecified atom stereocenters. The minimum Gasteiger partial charge on any atom is -0.311 e. The summed E-state index contributed by atoms with van der Waals surface area (Å²) in [5.41, 5.74) is 5.24. The molecule has 0 saturated heterocycles. The average molecular weight is 481 g/mol. The smallest absolute Gasteiger partial charge is 0.262 e. The first-order valence-electron chi connectivity index (χ1n) is 12.2. The molecule has 0 aromatic heterocycles. The maximum atomic E-state index is 13.6. The van der Waals surface area contributed by atoms with Crippen molar-refractivity contribution in [3.05, 3.63) is 138 Å². The number of hydrogen-bond acceptors (Lipinski definition) is 3. The molecular weight excluding hydrogens is 456 g/mol. The maximum Gasteiger partial charge on any atom is 0.262 e. The number of carbonyl (C=O) groups is 2. The van der Waals surface area contributed by atoms with Gasteiger partial charge in [0.05, 0.1) is 16.8 Å². The molecule has 0 fully saturated rings. The second kappa shape index (κ2) is 9.25. The lowest BCUT2D eigenvalue weighted by atomic mass is 9.90. The minimum atomic E-state index is -0.299. The van der Waals surface area contributed by atoms with E-state index in [4.69, 9.17) is 0 Å². The van der Waals surface area contributed by atoms with Crippen molar-refractivity contribution in [3.8, 4) is 0 Å². The number of likely N-dealkylation sites (N-methyl/N-ethyl adjacent to an activating group) is 1. The highest BCUT2D eigenvalue weighted by molar-refractivity contribution is 6.39. The molecule has 0 bridgehead atoms. The Labute approximate surface area is 215 Å². The lowest BCUT2D eigenvalue weighted by Gasteiger charge is -2.28. The van der Waals surface area contributed by atoms with E-state index >= 15 is 0 Å². The highest BCUT2D eigenvalue weighted by Crippen LogP contribution is 2.37. The Morgan fingerprint density at radius 3 is 1.84 bits per heavy atom. The van der Waals surface area contributed by atoms with Gasteiger partial charge in [0.2, 0.25) is 5.78 Å². The number of carbonyl (C=O) groups excluding carboxylic acids is 2. The molecule has 1 heterocycles. The second-order valence-electron chi connectivity index (χ2n) is 9.03. The van der Waals surface area contributed by atoms with Crippen molar-refractivity contribution in [2.45, 2.75) is 0 Å². The summed E-state index contributed by atoms with van der Waals surface area (Å²) in [6.07, 6.45) is 1.70. The topological polar surface area (TPSA) is 40.6 Å². The van der Waals surface area contributed by atoms with Crippen LogP contribution >= 0.6 is 0 Å². The molecule has 4 heteroatoms. The number of nitrogens with zero attached hydrogens (tertiary/aromatic N) is 2. The molecule has 37 heavy (non-hydrogen) atoms. The number of anilines is 4. The number of fused-ring (bicyclic) bond motifs is 3. The van der Waals surface area contributed by atoms with Crippen molar-refractivity contribution >= 4 is 51.3 Å². The first-order chi connectivity index (χ1) is 18.1. The fraction of sp³-hybridized carbons (Fsp3) is 0.0303. The van der Waals surface area contributed by atoms with Gasteiger partial charge in [-0.15, -0.1) is 0 Å². The monoisotopic (exact) mass is 480 g/mol. The van der Waals surface area contributed by atoms with Crippen molar-refractivity contribution in [1.29, 1.82) is 0 Å². The van der Waals surface area contributed by atoms with Crippen LogP contribution in [0.3, 0.4) is 0 Å². The van der Waals surface area contributed by atoms with Crippen LogP contribution in [0.2, 0.25) is 0 Å². The van der Waals surface area contributed by atoms with Crippen LogP contribution < -0.4 is 9.80 Å². The molecule has 6 rings (SSSR count). The standard InChI is InChI=1S/C33H24N2O2/c1-34-30-21-18-24-10-8-9-15-28(24)31(30)32(36)29(33(34)37)22-23-16-19-27(20-17-23)35(25-11-4-2-5-12-25)26-13-6-3-7-14-26/h2-22H,1H3. The SMILES string of the molecule is CN1C(=O)C(=Cc2ccc(N(c3ccccc3)c3ccccc3)cc2)C(=O)c2c1ccc1ccccc21. The molecular formula is C33H24N2O2. The molecule has 1 amide bonds. The van der Waals surface area contributed by atoms with Crippen LogP contribution in [0.5, 0.6) is 0 Å². The van der Waals surface area contributed by atoms with Gasteiger partial charge in [0, 0.05) is 24.1 Å². The van der Waals surface area contributed by atoms with Gasteiger partial charge in [-0.3, -0.25) is 9.59 Å². The lowest BCUT2D eigenvalue weighted by Crippen LogP contribution is -2.36. The number of para-hydroxylation sites is 2. The number of rotatable bonds is 4. The van der Waals surface area contributed by atoms with Crippen molar-refractivity contribution in [1.82, 2.24) is 0 Å². The fourth-order valence-corrected chi connectivity index (χ4v) is 4.91. The van der Waals surface area contributed by atoms with Crippen LogP contribution in [0.1, 0.15) is 15.9 Å². The molecule has 1 aliphatic heterocycles. The number of Topliss-reactive ketones (excluding diaryl/α,β-unsaturated/α-hetero) is 1. The van der Waals surface area contributed by atoms with Crippen LogP contribution in [0.25, 0.3) is 16.8 Å². The summed E-state index contributed by atoms with van der Waals surface area (Å²) in [6, 6.07) is 39.8. The Hall–Kier alpha value is -4.96. The van der Waals surface area contributed by atoms with Gasteiger partial charge < -0.3 is 9.80 Å². The Bertz CT molecular complexity index is 1620. The van der Waals surface area contributed by atoms with Crippen LogP contribution in [0.4, 0.5) is 22.7 Å². The van der Waals surface area contributed by atoms with Gasteiger partial charge in [0.15, 0.2) is 0 Å². The minimum absolute atomic E-state index is 0.169. The number of amides is 1. The summed E-state index contributed by atoms with van der Waals surface area (Å²) in [5, 5.41) is 1.83. The summed E-state index contributed by atoms with van der Waals surface area (Å²) in [5.74, 6) is -0.541. The molecule has 4 nitrogen and oxygen atoms in total. The van der Waals surface area contributed by atoms with Crippen LogP contribution in [-0.2, 0) is 4.79 Å². The highest BCUT2D eigenvalue weighted by atomic mass is 16.2. The first kappa shape index (κ1) is 22.5. The molecule has 178 valence electrons. The molecule has 0 spiro atoms. The molecule has 1 aliphatic rings. The van der Waals surface area contributed by atoms with Gasteiger partial charge in [-0.25, -0.2) is 0 Å². The summed E-state index contributed by atoms with van der Waals surface area (Å²) < 4.78 is 0. The molecule has 0 atom stereocenters. The molecule has 5 aromatic rings. The number of ketones is 1. The normalized spacial score (nSPS) is 14.2. The van der Waals surface area contributed by atoms with E-state index in [2.05, 4.69) is 29.2 Å². The van der Waals surface area contributed by atoms with Crippen molar-refractivity contribution in [2.75, 3.05) is 16.8 Å². The maximum absolute atomic E-state index is 13.6. The molecule has 0 saturated carbocycles. The Morgan fingerprint density at radius 2 is 1.19 bits per heavy atom. The third-order valence-electron chi connectivity index (χ3n) is 6.77. The van der Waals surface area contributed by atoms with E-state index in [-0.39, 0.29) is 17.3 Å². The van der Waals surface area contributed by atoms with E-state index in [9.17, 15) is 9.59 Å². The quantitative estimate of drug-likeness (QED) is 0.197. The third-order valence-corrected chi connectivity index (χ3v) is 6.77. The Balaban J connectivity index is 1.40. The van der Waals surface area contributed by atoms with E-state index in [1.165, 1.54) is 0 Å². The second-order valence-corrected chi connectivity index (χ2v) is 9.03. The number of benzene rings is 5. The van der Waals surface area contributed by atoms with Gasteiger partial charge in [0.25, 0.3) is 5.91 Å². The molecule has 0 radical (unpaired) electrons. The van der Waals surface area contributed by atoms with E-state index < -0.39 is 0 Å². The lowest BCUT2D eigenvalue weighted by molar-refractivity contribution is -0.114. The summed E-state index contributed by atoms with van der Waals surface area (Å²) in [6.45, 7) is 0. The van der Waals surface area contributed by atoms with Gasteiger partial charge in [-0.05, 0) is 64.9 Å².